The van der Waals surface area contributed by atoms with Crippen molar-refractivity contribution in [3.63, 3.8) is 0 Å². The van der Waals surface area contributed by atoms with Gasteiger partial charge in [-0.2, -0.15) is 0 Å². The maximum atomic E-state index is 12.2. The zero-order valence-electron chi connectivity index (χ0n) is 17.1. The molecule has 8 nitrogen and oxygen atoms in total. The number of amides is 2. The Morgan fingerprint density at radius 2 is 1.84 bits per heavy atom. The predicted octanol–water partition coefficient (Wildman–Crippen LogP) is 3.11. The Morgan fingerprint density at radius 3 is 2.55 bits per heavy atom. The van der Waals surface area contributed by atoms with Crippen LogP contribution in [-0.2, 0) is 22.6 Å². The average Bonchev–Trinajstić information content (AvgIpc) is 3.19. The number of hydrazine groups is 1. The Kier molecular flexibility index (Phi) is 7.91. The third-order valence-corrected chi connectivity index (χ3v) is 5.52. The number of nitrogens with zero attached hydrogens (tertiary/aromatic N) is 3. The molecule has 0 fully saturated rings. The van der Waals surface area contributed by atoms with E-state index in [0.29, 0.717) is 33.9 Å². The Bertz CT molecular complexity index is 1060. The SMILES string of the molecule is CCn1c(SCC(=O)NNC(=O)Cc2ccccc2)nnc1-c1cc(Cl)ccc1OC. The second kappa shape index (κ2) is 10.8. The number of aromatic nitrogens is 3. The largest absolute Gasteiger partial charge is 0.496 e. The molecule has 1 aromatic heterocycles. The minimum atomic E-state index is -0.348. The van der Waals surface area contributed by atoms with E-state index < -0.39 is 0 Å². The first-order valence-electron chi connectivity index (χ1n) is 9.53. The number of methoxy groups -OCH3 is 1. The molecule has 0 atom stereocenters. The quantitative estimate of drug-likeness (QED) is 0.396. The van der Waals surface area contributed by atoms with Crippen molar-refractivity contribution in [2.75, 3.05) is 12.9 Å². The molecule has 3 aromatic rings. The van der Waals surface area contributed by atoms with Gasteiger partial charge in [-0.25, -0.2) is 0 Å². The third-order valence-electron chi connectivity index (χ3n) is 4.32. The van der Waals surface area contributed by atoms with Crippen LogP contribution in [0, 0.1) is 0 Å². The molecule has 162 valence electrons. The summed E-state index contributed by atoms with van der Waals surface area (Å²) < 4.78 is 7.28. The Labute approximate surface area is 189 Å². The summed E-state index contributed by atoms with van der Waals surface area (Å²) in [6.45, 7) is 2.55. The number of carbonyl (C=O) groups excluding carboxylic acids is 2. The number of rotatable bonds is 8. The van der Waals surface area contributed by atoms with E-state index in [2.05, 4.69) is 21.0 Å². The van der Waals surface area contributed by atoms with E-state index in [1.807, 2.05) is 41.8 Å². The van der Waals surface area contributed by atoms with Crippen molar-refractivity contribution in [3.05, 3.63) is 59.1 Å². The molecule has 31 heavy (non-hydrogen) atoms. The molecule has 0 aliphatic carbocycles. The van der Waals surface area contributed by atoms with Gasteiger partial charge in [0.05, 0.1) is 24.8 Å². The van der Waals surface area contributed by atoms with Gasteiger partial charge in [-0.1, -0.05) is 53.7 Å². The summed E-state index contributed by atoms with van der Waals surface area (Å²) in [5.41, 5.74) is 6.42. The number of ether oxygens (including phenoxy) is 1. The lowest BCUT2D eigenvalue weighted by atomic mass is 10.1. The van der Waals surface area contributed by atoms with Crippen molar-refractivity contribution in [3.8, 4) is 17.1 Å². The van der Waals surface area contributed by atoms with Crippen LogP contribution in [0.4, 0.5) is 0 Å². The van der Waals surface area contributed by atoms with Gasteiger partial charge in [0.25, 0.3) is 0 Å². The molecule has 1 heterocycles. The zero-order valence-corrected chi connectivity index (χ0v) is 18.7. The Balaban J connectivity index is 1.59. The highest BCUT2D eigenvalue weighted by molar-refractivity contribution is 7.99. The van der Waals surface area contributed by atoms with Gasteiger partial charge in [-0.3, -0.25) is 20.4 Å². The van der Waals surface area contributed by atoms with Gasteiger partial charge >= 0.3 is 0 Å². The zero-order chi connectivity index (χ0) is 22.2. The molecule has 0 bridgehead atoms. The number of hydrogen-bond acceptors (Lipinski definition) is 6. The van der Waals surface area contributed by atoms with E-state index in [-0.39, 0.29) is 24.0 Å². The molecule has 0 aliphatic rings. The second-order valence-corrected chi connectivity index (χ2v) is 7.82. The Hall–Kier alpha value is -3.04. The lowest BCUT2D eigenvalue weighted by Crippen LogP contribution is -2.43. The fourth-order valence-corrected chi connectivity index (χ4v) is 3.84. The molecule has 0 saturated heterocycles. The fourth-order valence-electron chi connectivity index (χ4n) is 2.87. The third kappa shape index (κ3) is 5.99. The number of halogens is 1. The monoisotopic (exact) mass is 459 g/mol. The molecular formula is C21H22ClN5O3S. The summed E-state index contributed by atoms with van der Waals surface area (Å²) in [4.78, 5) is 24.1. The summed E-state index contributed by atoms with van der Waals surface area (Å²) in [6.07, 6.45) is 0.184. The topological polar surface area (TPSA) is 98.1 Å². The molecule has 0 spiro atoms. The first-order chi connectivity index (χ1) is 15.0. The maximum absolute atomic E-state index is 12.2. The van der Waals surface area contributed by atoms with Gasteiger partial charge in [0, 0.05) is 11.6 Å². The molecule has 0 aliphatic heterocycles. The van der Waals surface area contributed by atoms with Gasteiger partial charge in [-0.05, 0) is 30.7 Å². The summed E-state index contributed by atoms with van der Waals surface area (Å²) in [5, 5.41) is 9.59. The molecule has 0 saturated carbocycles. The van der Waals surface area contributed by atoms with Crippen molar-refractivity contribution in [1.29, 1.82) is 0 Å². The van der Waals surface area contributed by atoms with E-state index in [0.717, 1.165) is 5.56 Å². The fraction of sp³-hybridized carbons (Fsp3) is 0.238. The van der Waals surface area contributed by atoms with Gasteiger partial charge < -0.3 is 9.30 Å². The van der Waals surface area contributed by atoms with Crippen LogP contribution in [0.3, 0.4) is 0 Å². The van der Waals surface area contributed by atoms with Crippen LogP contribution in [0.1, 0.15) is 12.5 Å². The molecule has 3 rings (SSSR count). The van der Waals surface area contributed by atoms with E-state index in [9.17, 15) is 9.59 Å². The highest BCUT2D eigenvalue weighted by Crippen LogP contribution is 2.33. The van der Waals surface area contributed by atoms with Crippen LogP contribution in [-0.4, -0.2) is 39.4 Å². The molecule has 10 heteroatoms. The van der Waals surface area contributed by atoms with Crippen LogP contribution < -0.4 is 15.6 Å². The molecule has 0 radical (unpaired) electrons. The van der Waals surface area contributed by atoms with Crippen molar-refractivity contribution >= 4 is 35.2 Å². The van der Waals surface area contributed by atoms with E-state index in [4.69, 9.17) is 16.3 Å². The first-order valence-corrected chi connectivity index (χ1v) is 10.9. The van der Waals surface area contributed by atoms with Crippen LogP contribution in [0.5, 0.6) is 5.75 Å². The highest BCUT2D eigenvalue weighted by atomic mass is 35.5. The minimum absolute atomic E-state index is 0.0659. The summed E-state index contributed by atoms with van der Waals surface area (Å²) in [7, 11) is 1.57. The molecule has 2 N–H and O–H groups in total. The van der Waals surface area contributed by atoms with Crippen LogP contribution in [0.2, 0.25) is 5.02 Å². The summed E-state index contributed by atoms with van der Waals surface area (Å²) in [5.74, 6) is 0.648. The number of hydrogen-bond donors (Lipinski definition) is 2. The van der Waals surface area contributed by atoms with Gasteiger partial charge in [0.2, 0.25) is 11.8 Å². The van der Waals surface area contributed by atoms with Crippen molar-refractivity contribution in [2.45, 2.75) is 25.0 Å². The second-order valence-electron chi connectivity index (χ2n) is 6.44. The Morgan fingerprint density at radius 1 is 1.10 bits per heavy atom. The van der Waals surface area contributed by atoms with E-state index in [1.54, 1.807) is 25.3 Å². The summed E-state index contributed by atoms with van der Waals surface area (Å²) >= 11 is 7.36. The number of benzene rings is 2. The van der Waals surface area contributed by atoms with E-state index >= 15 is 0 Å². The summed E-state index contributed by atoms with van der Waals surface area (Å²) in [6, 6.07) is 14.6. The van der Waals surface area contributed by atoms with Crippen LogP contribution in [0.25, 0.3) is 11.4 Å². The number of thioether (sulfide) groups is 1. The van der Waals surface area contributed by atoms with Gasteiger partial charge in [0.15, 0.2) is 11.0 Å². The van der Waals surface area contributed by atoms with Crippen LogP contribution >= 0.6 is 23.4 Å². The lowest BCUT2D eigenvalue weighted by molar-refractivity contribution is -0.127. The van der Waals surface area contributed by atoms with Gasteiger partial charge in [-0.15, -0.1) is 10.2 Å². The van der Waals surface area contributed by atoms with Crippen molar-refractivity contribution in [1.82, 2.24) is 25.6 Å². The standard InChI is InChI=1S/C21H22ClN5O3S/c1-3-27-20(16-12-15(22)9-10-17(16)30-2)25-26-21(27)31-13-19(29)24-23-18(28)11-14-7-5-4-6-8-14/h4-10,12H,3,11,13H2,1-2H3,(H,23,28)(H,24,29). The predicted molar refractivity (Wildman–Crippen MR) is 120 cm³/mol. The highest BCUT2D eigenvalue weighted by Gasteiger charge is 2.18. The first kappa shape index (κ1) is 22.6. The number of nitrogens with one attached hydrogen (secondary N) is 2. The molecular weight excluding hydrogens is 438 g/mol. The van der Waals surface area contributed by atoms with Gasteiger partial charge in [0.1, 0.15) is 5.75 Å². The van der Waals surface area contributed by atoms with Crippen molar-refractivity contribution in [2.24, 2.45) is 0 Å². The minimum Gasteiger partial charge on any atom is -0.496 e. The molecule has 0 unspecified atom stereocenters. The molecule has 2 aromatic carbocycles. The maximum Gasteiger partial charge on any atom is 0.248 e. The van der Waals surface area contributed by atoms with Crippen molar-refractivity contribution < 1.29 is 14.3 Å². The van der Waals surface area contributed by atoms with Crippen LogP contribution in [0.15, 0.2) is 53.7 Å². The smallest absolute Gasteiger partial charge is 0.248 e. The average molecular weight is 460 g/mol. The van der Waals surface area contributed by atoms with E-state index in [1.165, 1.54) is 11.8 Å². The normalized spacial score (nSPS) is 10.5. The number of carbonyl (C=O) groups is 2. The molecule has 2 amide bonds. The lowest BCUT2D eigenvalue weighted by Gasteiger charge is -2.11.